The van der Waals surface area contributed by atoms with E-state index in [-0.39, 0.29) is 126 Å². The number of Topliss-reactive ketones (excluding diaryl/α,β-unsaturated/α-hetero) is 1. The van der Waals surface area contributed by atoms with Gasteiger partial charge in [-0.05, 0) is 114 Å². The van der Waals surface area contributed by atoms with E-state index < -0.39 is 17.7 Å². The Hall–Kier alpha value is -2.28. The van der Waals surface area contributed by atoms with Crippen molar-refractivity contribution in [2.75, 3.05) is 43.4 Å². The van der Waals surface area contributed by atoms with Crippen molar-refractivity contribution in [2.24, 2.45) is 0 Å². The predicted molar refractivity (Wildman–Crippen MR) is 226 cm³/mol. The maximum Gasteiger partial charge on any atom is 0.246 e. The van der Waals surface area contributed by atoms with Gasteiger partial charge >= 0.3 is 0 Å². The molecule has 334 valence electrons. The van der Waals surface area contributed by atoms with Gasteiger partial charge in [0.1, 0.15) is 5.78 Å². The Bertz CT molecular complexity index is 1370. The summed E-state index contributed by atoms with van der Waals surface area (Å²) >= 11 is 10.6. The van der Waals surface area contributed by atoms with Gasteiger partial charge in [0.25, 0.3) is 0 Å². The van der Waals surface area contributed by atoms with Crippen molar-refractivity contribution < 1.29 is 103 Å². The van der Waals surface area contributed by atoms with E-state index in [1.165, 1.54) is 6.92 Å². The third-order valence-electron chi connectivity index (χ3n) is 8.22. The number of amides is 4. The molecule has 18 nitrogen and oxygen atoms in total. The first-order valence-electron chi connectivity index (χ1n) is 19.1. The molecule has 22 heteroatoms. The molecule has 12 N–H and O–H groups in total. The summed E-state index contributed by atoms with van der Waals surface area (Å²) in [5, 5.41) is 47.6. The third kappa shape index (κ3) is 34.0. The molecule has 0 bridgehead atoms. The Kier molecular flexibility index (Phi) is 41.5. The Morgan fingerprint density at radius 3 is 1.51 bits per heavy atom. The van der Waals surface area contributed by atoms with Gasteiger partial charge in [-0.15, -0.1) is 0 Å². The van der Waals surface area contributed by atoms with Crippen LogP contribution in [0.1, 0.15) is 117 Å². The van der Waals surface area contributed by atoms with Crippen molar-refractivity contribution >= 4 is 75.4 Å². The van der Waals surface area contributed by atoms with Crippen LogP contribution in [0.4, 0.5) is 11.4 Å². The first kappa shape index (κ1) is 63.4. The second kappa shape index (κ2) is 38.6. The molecule has 0 aromatic heterocycles. The smallest absolute Gasteiger partial charge is 0.246 e. The average molecular weight is 1030 g/mol. The monoisotopic (exact) mass is 1030 g/mol. The van der Waals surface area contributed by atoms with Gasteiger partial charge < -0.3 is 37.5 Å². The molecule has 1 rings (SSSR count). The number of rotatable bonds is 28. The van der Waals surface area contributed by atoms with Crippen LogP contribution >= 0.6 is 24.4 Å². The minimum atomic E-state index is -0.523. The summed E-state index contributed by atoms with van der Waals surface area (Å²) in [4.78, 5) is 59.5. The summed E-state index contributed by atoms with van der Waals surface area (Å²) in [5.74, 6) is -1.81. The number of hydroxylamine groups is 6. The molecule has 0 fully saturated rings. The fourth-order valence-corrected chi connectivity index (χ4v) is 5.65. The molecule has 0 aliphatic heterocycles. The summed E-state index contributed by atoms with van der Waals surface area (Å²) in [6.07, 6.45) is 6.91. The van der Waals surface area contributed by atoms with Crippen molar-refractivity contribution in [3.8, 4) is 0 Å². The van der Waals surface area contributed by atoms with Crippen LogP contribution in [-0.4, -0.2) is 120 Å². The van der Waals surface area contributed by atoms with Crippen LogP contribution in [0.15, 0.2) is 24.3 Å². The molecule has 0 saturated carbocycles. The Morgan fingerprint density at radius 2 is 1.02 bits per heavy atom. The number of hydrogen-bond acceptors (Lipinski definition) is 10. The number of carbonyl (C=O) groups is 5. The SMILES string of the molecule is CC(=O)N(O)CCCCCCC(=O)CCC(=O)N(O)CCCCCNC(=O)CCC(=O)N(O)CCCCCNC(=S)Nc1ccc(NC(=S)NC(C)C)cc1.O.O.[89Zr].[Zr]. The van der Waals surface area contributed by atoms with Gasteiger partial charge in [-0.1, -0.05) is 12.8 Å². The summed E-state index contributed by atoms with van der Waals surface area (Å²) in [6, 6.07) is 7.82. The maximum absolute atomic E-state index is 12.2. The minimum absolute atomic E-state index is 0. The second-order valence-electron chi connectivity index (χ2n) is 13.6. The topological polar surface area (TPSA) is 279 Å². The number of benzene rings is 1. The van der Waals surface area contributed by atoms with Gasteiger partial charge in [0.15, 0.2) is 10.2 Å². The van der Waals surface area contributed by atoms with Crippen LogP contribution in [-0.2, 0) is 76.4 Å². The number of hydrogen-bond donors (Lipinski definition) is 8. The zero-order valence-electron chi connectivity index (χ0n) is 34.6. The largest absolute Gasteiger partial charge is 0.412 e. The van der Waals surface area contributed by atoms with Crippen LogP contribution in [0.2, 0.25) is 0 Å². The predicted octanol–water partition coefficient (Wildman–Crippen LogP) is 3.22. The van der Waals surface area contributed by atoms with E-state index in [2.05, 4.69) is 26.6 Å². The molecule has 0 radical (unpaired) electrons. The normalized spacial score (nSPS) is 9.95. The molecule has 0 heterocycles. The number of ketones is 1. The van der Waals surface area contributed by atoms with Crippen molar-refractivity contribution in [1.82, 2.24) is 31.1 Å². The van der Waals surface area contributed by atoms with Crippen LogP contribution in [0.5, 0.6) is 0 Å². The zero-order chi connectivity index (χ0) is 41.0. The van der Waals surface area contributed by atoms with Gasteiger partial charge in [-0.25, -0.2) is 15.2 Å². The van der Waals surface area contributed by atoms with E-state index in [0.717, 1.165) is 37.1 Å². The van der Waals surface area contributed by atoms with Gasteiger partial charge in [0.2, 0.25) is 23.6 Å². The summed E-state index contributed by atoms with van der Waals surface area (Å²) in [7, 11) is 0. The molecular formula is C37H66N8O10S2Zr2. The van der Waals surface area contributed by atoms with Crippen LogP contribution < -0.4 is 26.6 Å². The zero-order valence-corrected chi connectivity index (χ0v) is 41.1. The summed E-state index contributed by atoms with van der Waals surface area (Å²) < 4.78 is 0. The second-order valence-corrected chi connectivity index (χ2v) is 14.4. The number of thiocarbonyl (C=S) groups is 2. The van der Waals surface area contributed by atoms with E-state index in [1.54, 1.807) is 0 Å². The Morgan fingerprint density at radius 1 is 0.593 bits per heavy atom. The van der Waals surface area contributed by atoms with E-state index in [9.17, 15) is 39.6 Å². The van der Waals surface area contributed by atoms with Gasteiger partial charge in [0, 0.05) is 142 Å². The number of unbranched alkanes of at least 4 members (excludes halogenated alkanes) is 7. The van der Waals surface area contributed by atoms with Crippen LogP contribution in [0.25, 0.3) is 0 Å². The molecule has 59 heavy (non-hydrogen) atoms. The van der Waals surface area contributed by atoms with E-state index in [0.29, 0.717) is 83.4 Å². The number of nitrogens with zero attached hydrogens (tertiary/aromatic N) is 3. The molecule has 0 atom stereocenters. The Labute approximate surface area is 397 Å². The molecule has 0 aliphatic rings. The fraction of sp³-hybridized carbons (Fsp3) is 0.649. The summed E-state index contributed by atoms with van der Waals surface area (Å²) in [5.41, 5.74) is 1.69. The first-order chi connectivity index (χ1) is 26.2. The molecule has 0 unspecified atom stereocenters. The van der Waals surface area contributed by atoms with Gasteiger partial charge in [0.05, 0.1) is 0 Å². The molecular weight excluding hydrogens is 961 g/mol. The number of anilines is 2. The standard InChI is InChI=1S/C37H62N8O8S2.2H2O.2Zr/c1-28(2)40-37(55)42-31-17-15-30(16-18-31)41-36(54)39-24-10-7-13-27-45(53)35(50)22-20-33(48)38-23-9-6-12-26-44(52)34(49)21-19-32(47)14-8-4-5-11-25-43(51)29(3)46;;;;/h15-18,28,51-53H,4-14,19-27H2,1-3H3,(H,38,48)(H2,39,41,54)(H2,40,42,55);2*1H2;;/i;;;1-2;. The molecule has 1 aromatic carbocycles. The van der Waals surface area contributed by atoms with Crippen molar-refractivity contribution in [2.45, 2.75) is 123 Å². The van der Waals surface area contributed by atoms with E-state index >= 15 is 0 Å². The Balaban J connectivity index is -0.00000378. The van der Waals surface area contributed by atoms with E-state index in [4.69, 9.17) is 24.4 Å². The van der Waals surface area contributed by atoms with Crippen LogP contribution in [0, 0.1) is 0 Å². The molecule has 0 aliphatic carbocycles. The van der Waals surface area contributed by atoms with Gasteiger partial charge in [-0.2, -0.15) is 0 Å². The number of carbonyl (C=O) groups excluding carboxylic acids is 5. The molecule has 4 amide bonds. The molecule has 0 saturated heterocycles. The average Bonchev–Trinajstić information content (AvgIpc) is 3.13. The fourth-order valence-electron chi connectivity index (χ4n) is 5.08. The van der Waals surface area contributed by atoms with Crippen LogP contribution in [0.3, 0.4) is 0 Å². The third-order valence-corrected chi connectivity index (χ3v) is 8.69. The minimum Gasteiger partial charge on any atom is -0.412 e. The quantitative estimate of drug-likeness (QED) is 0.0259. The van der Waals surface area contributed by atoms with Crippen molar-refractivity contribution in [3.63, 3.8) is 0 Å². The number of nitrogens with one attached hydrogen (secondary N) is 5. The van der Waals surface area contributed by atoms with Crippen molar-refractivity contribution in [1.29, 1.82) is 0 Å². The molecule has 0 spiro atoms. The van der Waals surface area contributed by atoms with Crippen molar-refractivity contribution in [3.05, 3.63) is 24.3 Å². The maximum atomic E-state index is 12.2. The van der Waals surface area contributed by atoms with E-state index in [1.807, 2.05) is 38.1 Å². The molecule has 1 aromatic rings. The summed E-state index contributed by atoms with van der Waals surface area (Å²) in [6.45, 7) is 6.85. The van der Waals surface area contributed by atoms with Gasteiger partial charge in [-0.3, -0.25) is 39.6 Å². The first-order valence-corrected chi connectivity index (χ1v) is 20.0.